The van der Waals surface area contributed by atoms with Crippen molar-refractivity contribution in [2.24, 2.45) is 0 Å². The van der Waals surface area contributed by atoms with Gasteiger partial charge in [0.15, 0.2) is 0 Å². The molecule has 8 aliphatic heterocycles. The minimum absolute atomic E-state index is 1.02. The maximum Gasteiger partial charge on any atom is 0.0718 e. The molecule has 0 radical (unpaired) electrons. The van der Waals surface area contributed by atoms with E-state index in [1.807, 2.05) is 259 Å². The van der Waals surface area contributed by atoms with E-state index >= 15 is 0 Å². The number of unbranched alkanes of at least 4 members (excludes halogenated alkanes) is 6. The number of thioether (sulfide) groups is 28. The van der Waals surface area contributed by atoms with Crippen LogP contribution < -0.4 is 0 Å². The molecule has 0 fully saturated rings. The summed E-state index contributed by atoms with van der Waals surface area (Å²) in [4.78, 5) is 0. The van der Waals surface area contributed by atoms with Crippen LogP contribution in [0.15, 0.2) is 93.2 Å². The standard InChI is InChI=1S/C42H48S28/c1-9-11-13-15-17-49-29-30(50-18-16-14-12-10-2)64-37(63-29)39-67-41-42(68-39)70-40(69-41)38-65-31(53-19-51-27-25(47-7)59-35(61-27)33-55-21(43-3)22(44-4)56-33)32(66-38)54-20-52-28-26(48-8)60-36(62-28)34-57-23(45-5)24(46-6)58-34/h9-20H2,1-8H3. The van der Waals surface area contributed by atoms with Crippen molar-refractivity contribution >= 4 is 329 Å². The lowest BCUT2D eigenvalue weighted by molar-refractivity contribution is 0.707. The first kappa shape index (κ1) is 63.0. The summed E-state index contributed by atoms with van der Waals surface area (Å²) in [6, 6.07) is 0. The third-order valence-corrected chi connectivity index (χ3v) is 49.5. The molecule has 0 atom stereocenters. The monoisotopic (exact) mass is 1450 g/mol. The molecule has 0 saturated carbocycles. The van der Waals surface area contributed by atoms with Gasteiger partial charge in [-0.15, -0.1) is 141 Å². The van der Waals surface area contributed by atoms with Crippen LogP contribution in [-0.4, -0.2) is 59.2 Å². The Bertz CT molecular complexity index is 2150. The van der Waals surface area contributed by atoms with Crippen molar-refractivity contribution in [3.63, 3.8) is 0 Å². The molecule has 8 aliphatic rings. The molecule has 0 spiro atoms. The zero-order valence-corrected chi connectivity index (χ0v) is 61.8. The zero-order valence-electron chi connectivity index (χ0n) is 38.9. The summed E-state index contributed by atoms with van der Waals surface area (Å²) in [5.41, 5.74) is 0. The lowest BCUT2D eigenvalue weighted by atomic mass is 10.2. The minimum Gasteiger partial charge on any atom is -0.121 e. The zero-order chi connectivity index (χ0) is 49.0. The first-order valence-electron chi connectivity index (χ1n) is 21.3. The molecule has 0 N–H and O–H groups in total. The molecule has 0 aromatic heterocycles. The molecular weight excluding hydrogens is 1400 g/mol. The van der Waals surface area contributed by atoms with Gasteiger partial charge >= 0.3 is 0 Å². The Hall–Kier alpha value is 6.94. The van der Waals surface area contributed by atoms with Gasteiger partial charge in [-0.05, 0) is 61.9 Å². The highest BCUT2D eigenvalue weighted by molar-refractivity contribution is 8.52. The van der Waals surface area contributed by atoms with E-state index in [0.717, 1.165) is 10.2 Å². The SMILES string of the molecule is CCCCCCSC1=C(SCCCCCC)SC(=C2SC3=C(S2)SC(=C2SC(SCSC4=C(SC)SC(=C5SC(SC)=C(SC)S5)S4)=C(SCSC4=C(SC)SC(=C5SC(SC)=C(SC)S5)S4)S2)S3)S1. The molecule has 70 heavy (non-hydrogen) atoms. The van der Waals surface area contributed by atoms with Crippen molar-refractivity contribution < 1.29 is 0 Å². The van der Waals surface area contributed by atoms with E-state index < -0.39 is 0 Å². The molecule has 0 aromatic carbocycles. The Morgan fingerprint density at radius 2 is 0.429 bits per heavy atom. The van der Waals surface area contributed by atoms with Gasteiger partial charge in [0.2, 0.25) is 0 Å². The summed E-state index contributed by atoms with van der Waals surface area (Å²) >= 11 is 56.2. The van der Waals surface area contributed by atoms with Crippen LogP contribution >= 0.6 is 329 Å². The second-order valence-corrected chi connectivity index (χ2v) is 47.6. The third-order valence-electron chi connectivity index (χ3n) is 9.13. The Labute approximate surface area is 538 Å². The smallest absolute Gasteiger partial charge is 0.0718 e. The molecule has 0 bridgehead atoms. The maximum absolute atomic E-state index is 2.31. The van der Waals surface area contributed by atoms with E-state index in [2.05, 4.69) is 122 Å². The van der Waals surface area contributed by atoms with Crippen molar-refractivity contribution in [2.45, 2.75) is 65.2 Å². The second kappa shape index (κ2) is 33.4. The van der Waals surface area contributed by atoms with E-state index in [-0.39, 0.29) is 0 Å². The fraction of sp³-hybridized carbons (Fsp3) is 0.476. The topological polar surface area (TPSA) is 0 Å². The molecule has 0 nitrogen and oxygen atoms in total. The van der Waals surface area contributed by atoms with Crippen molar-refractivity contribution in [2.75, 3.05) is 59.2 Å². The summed E-state index contributed by atoms with van der Waals surface area (Å²) in [5.74, 6) is 2.49. The second-order valence-electron chi connectivity index (χ2n) is 13.8. The summed E-state index contributed by atoms with van der Waals surface area (Å²) in [7, 11) is 0. The first-order valence-corrected chi connectivity index (χ1v) is 47.7. The molecule has 0 aromatic rings. The van der Waals surface area contributed by atoms with Crippen molar-refractivity contribution in [3.8, 4) is 0 Å². The van der Waals surface area contributed by atoms with Crippen LogP contribution in [0.4, 0.5) is 0 Å². The first-order chi connectivity index (χ1) is 34.3. The third kappa shape index (κ3) is 17.5. The fourth-order valence-corrected chi connectivity index (χ4v) is 47.1. The highest BCUT2D eigenvalue weighted by Crippen LogP contribution is 2.74. The molecule has 28 heteroatoms. The molecule has 0 saturated heterocycles. The van der Waals surface area contributed by atoms with Crippen LogP contribution in [-0.2, 0) is 0 Å². The van der Waals surface area contributed by atoms with Gasteiger partial charge in [0.25, 0.3) is 0 Å². The van der Waals surface area contributed by atoms with Gasteiger partial charge < -0.3 is 0 Å². The van der Waals surface area contributed by atoms with Crippen LogP contribution in [0.5, 0.6) is 0 Å². The van der Waals surface area contributed by atoms with Crippen molar-refractivity contribution in [3.05, 3.63) is 93.2 Å². The number of hydrogen-bond acceptors (Lipinski definition) is 28. The quantitative estimate of drug-likeness (QED) is 0.0595. The van der Waals surface area contributed by atoms with Gasteiger partial charge in [-0.2, -0.15) is 0 Å². The van der Waals surface area contributed by atoms with Crippen LogP contribution in [0.1, 0.15) is 65.2 Å². The Balaban J connectivity index is 0.916. The highest BCUT2D eigenvalue weighted by atomic mass is 32.3. The van der Waals surface area contributed by atoms with Crippen LogP contribution in [0.25, 0.3) is 0 Å². The number of rotatable bonds is 26. The normalized spacial score (nSPS) is 21.3. The lowest BCUT2D eigenvalue weighted by Crippen LogP contribution is -1.83. The van der Waals surface area contributed by atoms with E-state index in [0.29, 0.717) is 0 Å². The molecule has 0 amide bonds. The predicted octanol–water partition coefficient (Wildman–Crippen LogP) is 26.9. The van der Waals surface area contributed by atoms with Crippen LogP contribution in [0.3, 0.4) is 0 Å². The van der Waals surface area contributed by atoms with E-state index in [1.54, 1.807) is 8.47 Å². The maximum atomic E-state index is 2.31. The Kier molecular flexibility index (Phi) is 30.1. The van der Waals surface area contributed by atoms with E-state index in [1.165, 1.54) is 148 Å². The predicted molar refractivity (Wildman–Crippen MR) is 393 cm³/mol. The summed E-state index contributed by atoms with van der Waals surface area (Å²) in [6.45, 7) is 4.63. The average Bonchev–Trinajstić information content (AvgIpc) is 4.24. The van der Waals surface area contributed by atoms with Gasteiger partial charge in [-0.25, -0.2) is 0 Å². The molecular formula is C42H48S28. The summed E-state index contributed by atoms with van der Waals surface area (Å²) in [6.07, 6.45) is 24.0. The Morgan fingerprint density at radius 1 is 0.229 bits per heavy atom. The fourth-order valence-electron chi connectivity index (χ4n) is 5.83. The highest BCUT2D eigenvalue weighted by Gasteiger charge is 2.38. The van der Waals surface area contributed by atoms with Gasteiger partial charge in [0, 0.05) is 10.2 Å². The minimum atomic E-state index is 1.02. The molecule has 0 unspecified atom stereocenters. The van der Waals surface area contributed by atoms with Crippen molar-refractivity contribution in [1.82, 2.24) is 0 Å². The van der Waals surface area contributed by atoms with E-state index in [9.17, 15) is 0 Å². The lowest BCUT2D eigenvalue weighted by Gasteiger charge is -2.08. The molecule has 384 valence electrons. The van der Waals surface area contributed by atoms with Gasteiger partial charge in [-0.3, -0.25) is 0 Å². The molecule has 0 aliphatic carbocycles. The average molecular weight is 1450 g/mol. The Morgan fingerprint density at radius 3 is 0.671 bits per heavy atom. The van der Waals surface area contributed by atoms with Gasteiger partial charge in [0.1, 0.15) is 0 Å². The molecule has 8 rings (SSSR count). The van der Waals surface area contributed by atoms with Crippen molar-refractivity contribution in [1.29, 1.82) is 0 Å². The molecule has 8 heterocycles. The van der Waals surface area contributed by atoms with Gasteiger partial charge in [0.05, 0.1) is 93.2 Å². The van der Waals surface area contributed by atoms with Gasteiger partial charge in [-0.1, -0.05) is 241 Å². The number of hydrogen-bond donors (Lipinski definition) is 0. The van der Waals surface area contributed by atoms with Crippen LogP contribution in [0, 0.1) is 0 Å². The van der Waals surface area contributed by atoms with Crippen LogP contribution in [0.2, 0.25) is 0 Å². The van der Waals surface area contributed by atoms with E-state index in [4.69, 9.17) is 0 Å². The summed E-state index contributed by atoms with van der Waals surface area (Å²) in [5, 5.41) is 2.04. The largest absolute Gasteiger partial charge is 0.121 e. The summed E-state index contributed by atoms with van der Waals surface area (Å²) < 4.78 is 32.6.